The molecule has 3 rings (SSSR count). The van der Waals surface area contributed by atoms with Crippen LogP contribution < -0.4 is 5.32 Å². The van der Waals surface area contributed by atoms with Gasteiger partial charge in [-0.05, 0) is 38.9 Å². The van der Waals surface area contributed by atoms with Crippen LogP contribution in [0.3, 0.4) is 0 Å². The Hall–Kier alpha value is -0.900. The van der Waals surface area contributed by atoms with E-state index in [0.717, 1.165) is 6.04 Å². The molecule has 0 spiro atoms. The largest absolute Gasteiger partial charge is 0.312 e. The Bertz CT molecular complexity index is 433. The lowest BCUT2D eigenvalue weighted by molar-refractivity contribution is 0.0229. The highest BCUT2D eigenvalue weighted by molar-refractivity contribution is 5.20. The molecule has 0 aliphatic carbocycles. The van der Waals surface area contributed by atoms with Crippen molar-refractivity contribution in [2.45, 2.75) is 44.3 Å². The normalized spacial score (nSPS) is 27.0. The molecule has 1 aromatic carbocycles. The van der Waals surface area contributed by atoms with E-state index in [9.17, 15) is 0 Å². The van der Waals surface area contributed by atoms with Gasteiger partial charge in [-0.3, -0.25) is 9.80 Å². The third-order valence-electron chi connectivity index (χ3n) is 5.40. The monoisotopic (exact) mass is 287 g/mol. The summed E-state index contributed by atoms with van der Waals surface area (Å²) in [5, 5.41) is 3.53. The topological polar surface area (TPSA) is 18.5 Å². The van der Waals surface area contributed by atoms with E-state index < -0.39 is 0 Å². The van der Waals surface area contributed by atoms with Crippen molar-refractivity contribution in [1.29, 1.82) is 0 Å². The first-order chi connectivity index (χ1) is 10.3. The average Bonchev–Trinajstić information content (AvgIpc) is 2.56. The van der Waals surface area contributed by atoms with E-state index in [0.29, 0.717) is 12.1 Å². The Balaban J connectivity index is 1.67. The van der Waals surface area contributed by atoms with Gasteiger partial charge >= 0.3 is 0 Å². The van der Waals surface area contributed by atoms with E-state index >= 15 is 0 Å². The number of benzene rings is 1. The molecule has 3 unspecified atom stereocenters. The molecule has 2 aliphatic rings. The maximum absolute atomic E-state index is 3.53. The van der Waals surface area contributed by atoms with Gasteiger partial charge in [0, 0.05) is 37.8 Å². The second-order valence-electron chi connectivity index (χ2n) is 6.60. The number of hydrogen-bond donors (Lipinski definition) is 1. The fourth-order valence-electron chi connectivity index (χ4n) is 4.11. The van der Waals surface area contributed by atoms with Gasteiger partial charge in [-0.25, -0.2) is 0 Å². The second kappa shape index (κ2) is 6.91. The molecule has 2 fully saturated rings. The SMILES string of the molecule is CNC(c1ccccc1)C(C)N1CCN2CCCCC2C1. The number of likely N-dealkylation sites (N-methyl/N-ethyl adjacent to an activating group) is 1. The van der Waals surface area contributed by atoms with Crippen LogP contribution in [0.2, 0.25) is 0 Å². The van der Waals surface area contributed by atoms with Gasteiger partial charge in [0.25, 0.3) is 0 Å². The quantitative estimate of drug-likeness (QED) is 0.918. The number of nitrogens with zero attached hydrogens (tertiary/aromatic N) is 2. The maximum atomic E-state index is 3.53. The molecule has 2 saturated heterocycles. The van der Waals surface area contributed by atoms with Crippen molar-refractivity contribution in [3.63, 3.8) is 0 Å². The molecule has 3 atom stereocenters. The fraction of sp³-hybridized carbons (Fsp3) is 0.667. The van der Waals surface area contributed by atoms with Crippen molar-refractivity contribution < 1.29 is 0 Å². The molecular weight excluding hydrogens is 258 g/mol. The summed E-state index contributed by atoms with van der Waals surface area (Å²) < 4.78 is 0. The molecule has 1 N–H and O–H groups in total. The van der Waals surface area contributed by atoms with Crippen molar-refractivity contribution in [3.8, 4) is 0 Å². The Kier molecular flexibility index (Phi) is 4.94. The first-order valence-corrected chi connectivity index (χ1v) is 8.50. The molecule has 1 aromatic rings. The van der Waals surface area contributed by atoms with Crippen LogP contribution in [0.25, 0.3) is 0 Å². The lowest BCUT2D eigenvalue weighted by Crippen LogP contribution is -2.58. The van der Waals surface area contributed by atoms with Gasteiger partial charge in [0.15, 0.2) is 0 Å². The standard InChI is InChI=1S/C18H29N3/c1-15(18(19-2)16-8-4-3-5-9-16)21-13-12-20-11-7-6-10-17(20)14-21/h3-5,8-9,15,17-19H,6-7,10-14H2,1-2H3. The zero-order valence-corrected chi connectivity index (χ0v) is 13.5. The molecular formula is C18H29N3. The van der Waals surface area contributed by atoms with Crippen LogP contribution in [0.15, 0.2) is 30.3 Å². The predicted octanol–water partition coefficient (Wildman–Crippen LogP) is 2.51. The van der Waals surface area contributed by atoms with Gasteiger partial charge in [0.05, 0.1) is 0 Å². The van der Waals surface area contributed by atoms with Crippen LogP contribution in [0.1, 0.15) is 37.8 Å². The third kappa shape index (κ3) is 3.31. The average molecular weight is 287 g/mol. The van der Waals surface area contributed by atoms with E-state index in [1.54, 1.807) is 0 Å². The molecule has 3 nitrogen and oxygen atoms in total. The fourth-order valence-corrected chi connectivity index (χ4v) is 4.11. The van der Waals surface area contributed by atoms with E-state index in [1.807, 2.05) is 0 Å². The molecule has 0 saturated carbocycles. The summed E-state index contributed by atoms with van der Waals surface area (Å²) in [6.07, 6.45) is 4.20. The van der Waals surface area contributed by atoms with Crippen LogP contribution in [0.4, 0.5) is 0 Å². The zero-order chi connectivity index (χ0) is 14.7. The van der Waals surface area contributed by atoms with E-state index in [1.165, 1.54) is 51.0 Å². The summed E-state index contributed by atoms with van der Waals surface area (Å²) in [5.41, 5.74) is 1.40. The molecule has 0 aromatic heterocycles. The van der Waals surface area contributed by atoms with Gasteiger partial charge < -0.3 is 5.32 Å². The maximum Gasteiger partial charge on any atom is 0.0473 e. The molecule has 2 heterocycles. The summed E-state index contributed by atoms with van der Waals surface area (Å²) in [5.74, 6) is 0. The van der Waals surface area contributed by atoms with Crippen molar-refractivity contribution >= 4 is 0 Å². The zero-order valence-electron chi connectivity index (χ0n) is 13.5. The summed E-state index contributed by atoms with van der Waals surface area (Å²) in [6, 6.07) is 12.6. The van der Waals surface area contributed by atoms with Gasteiger partial charge in [-0.15, -0.1) is 0 Å². The predicted molar refractivity (Wildman–Crippen MR) is 88.5 cm³/mol. The highest BCUT2D eigenvalue weighted by atomic mass is 15.3. The summed E-state index contributed by atoms with van der Waals surface area (Å²) >= 11 is 0. The third-order valence-corrected chi connectivity index (χ3v) is 5.40. The Morgan fingerprint density at radius 3 is 2.67 bits per heavy atom. The van der Waals surface area contributed by atoms with Crippen LogP contribution in [0.5, 0.6) is 0 Å². The number of hydrogen-bond acceptors (Lipinski definition) is 3. The van der Waals surface area contributed by atoms with E-state index in [-0.39, 0.29) is 0 Å². The number of rotatable bonds is 4. The highest BCUT2D eigenvalue weighted by Crippen LogP contribution is 2.26. The molecule has 21 heavy (non-hydrogen) atoms. The Morgan fingerprint density at radius 2 is 1.90 bits per heavy atom. The number of nitrogens with one attached hydrogen (secondary N) is 1. The van der Waals surface area contributed by atoms with Crippen molar-refractivity contribution in [3.05, 3.63) is 35.9 Å². The van der Waals surface area contributed by atoms with Gasteiger partial charge in [-0.1, -0.05) is 36.8 Å². The van der Waals surface area contributed by atoms with Crippen molar-refractivity contribution in [1.82, 2.24) is 15.1 Å². The molecule has 3 heteroatoms. The number of piperidine rings is 1. The lowest BCUT2D eigenvalue weighted by Gasteiger charge is -2.47. The number of piperazine rings is 1. The number of fused-ring (bicyclic) bond motifs is 1. The van der Waals surface area contributed by atoms with Gasteiger partial charge in [0.1, 0.15) is 0 Å². The molecule has 0 radical (unpaired) electrons. The minimum Gasteiger partial charge on any atom is -0.312 e. The smallest absolute Gasteiger partial charge is 0.0473 e. The first kappa shape index (κ1) is 15.0. The van der Waals surface area contributed by atoms with Crippen LogP contribution in [0, 0.1) is 0 Å². The summed E-state index contributed by atoms with van der Waals surface area (Å²) in [6.45, 7) is 7.41. The lowest BCUT2D eigenvalue weighted by atomic mass is 9.95. The highest BCUT2D eigenvalue weighted by Gasteiger charge is 2.33. The molecule has 116 valence electrons. The van der Waals surface area contributed by atoms with E-state index in [2.05, 4.69) is 59.4 Å². The summed E-state index contributed by atoms with van der Waals surface area (Å²) in [7, 11) is 2.09. The summed E-state index contributed by atoms with van der Waals surface area (Å²) in [4.78, 5) is 5.41. The Labute approximate surface area is 129 Å². The van der Waals surface area contributed by atoms with Gasteiger partial charge in [-0.2, -0.15) is 0 Å². The van der Waals surface area contributed by atoms with Crippen molar-refractivity contribution in [2.24, 2.45) is 0 Å². The molecule has 0 amide bonds. The minimum absolute atomic E-state index is 0.418. The Morgan fingerprint density at radius 1 is 1.10 bits per heavy atom. The van der Waals surface area contributed by atoms with E-state index in [4.69, 9.17) is 0 Å². The van der Waals surface area contributed by atoms with Gasteiger partial charge in [0.2, 0.25) is 0 Å². The van der Waals surface area contributed by atoms with Crippen LogP contribution >= 0.6 is 0 Å². The second-order valence-corrected chi connectivity index (χ2v) is 6.60. The van der Waals surface area contributed by atoms with Crippen LogP contribution in [-0.2, 0) is 0 Å². The first-order valence-electron chi connectivity index (χ1n) is 8.50. The van der Waals surface area contributed by atoms with Crippen LogP contribution in [-0.4, -0.2) is 55.1 Å². The minimum atomic E-state index is 0.418. The molecule has 2 aliphatic heterocycles. The molecule has 0 bridgehead atoms. The van der Waals surface area contributed by atoms with Crippen molar-refractivity contribution in [2.75, 3.05) is 33.2 Å².